The van der Waals surface area contributed by atoms with Crippen LogP contribution in [0.5, 0.6) is 0 Å². The standard InChI is InChI=1S/C19H23N3O/c1-21(16-9-5-4-6-10-16)17-11-12-18(20-15-17)19(23)22-13-7-2-3-8-14-22/h4-6,9-12,15H,2-3,7-8,13-14H2,1H3. The van der Waals surface area contributed by atoms with E-state index < -0.39 is 0 Å². The highest BCUT2D eigenvalue weighted by Crippen LogP contribution is 2.22. The van der Waals surface area contributed by atoms with Gasteiger partial charge < -0.3 is 9.80 Å². The number of anilines is 2. The van der Waals surface area contributed by atoms with Gasteiger partial charge in [-0.2, -0.15) is 0 Å². The minimum atomic E-state index is 0.0563. The lowest BCUT2D eigenvalue weighted by atomic mass is 10.2. The number of aromatic nitrogens is 1. The van der Waals surface area contributed by atoms with Gasteiger partial charge in [0.2, 0.25) is 0 Å². The summed E-state index contributed by atoms with van der Waals surface area (Å²) in [7, 11) is 2.00. The Hall–Kier alpha value is -2.36. The van der Waals surface area contributed by atoms with E-state index >= 15 is 0 Å². The van der Waals surface area contributed by atoms with Crippen LogP contribution in [0.15, 0.2) is 48.7 Å². The van der Waals surface area contributed by atoms with Crippen molar-refractivity contribution in [3.63, 3.8) is 0 Å². The molecule has 0 N–H and O–H groups in total. The number of hydrogen-bond acceptors (Lipinski definition) is 3. The van der Waals surface area contributed by atoms with Crippen molar-refractivity contribution in [3.05, 3.63) is 54.4 Å². The molecule has 2 heterocycles. The van der Waals surface area contributed by atoms with Crippen LogP contribution in [0, 0.1) is 0 Å². The molecule has 0 saturated carbocycles. The summed E-state index contributed by atoms with van der Waals surface area (Å²) >= 11 is 0. The van der Waals surface area contributed by atoms with E-state index in [1.807, 2.05) is 42.3 Å². The fourth-order valence-electron chi connectivity index (χ4n) is 2.95. The minimum Gasteiger partial charge on any atom is -0.343 e. The minimum absolute atomic E-state index is 0.0563. The summed E-state index contributed by atoms with van der Waals surface area (Å²) in [6, 6.07) is 13.9. The molecular formula is C19H23N3O. The lowest BCUT2D eigenvalue weighted by Crippen LogP contribution is -2.32. The highest BCUT2D eigenvalue weighted by Gasteiger charge is 2.18. The Morgan fingerprint density at radius 1 is 0.957 bits per heavy atom. The molecule has 0 radical (unpaired) electrons. The Morgan fingerprint density at radius 2 is 1.65 bits per heavy atom. The summed E-state index contributed by atoms with van der Waals surface area (Å²) in [5, 5.41) is 0. The molecule has 1 aromatic heterocycles. The van der Waals surface area contributed by atoms with Crippen molar-refractivity contribution in [1.82, 2.24) is 9.88 Å². The second-order valence-electron chi connectivity index (χ2n) is 6.00. The fourth-order valence-corrected chi connectivity index (χ4v) is 2.95. The number of nitrogens with zero attached hydrogens (tertiary/aromatic N) is 3. The molecule has 0 bridgehead atoms. The van der Waals surface area contributed by atoms with Gasteiger partial charge in [-0.3, -0.25) is 4.79 Å². The maximum absolute atomic E-state index is 12.6. The molecule has 120 valence electrons. The molecule has 1 amide bonds. The molecule has 0 spiro atoms. The van der Waals surface area contributed by atoms with Gasteiger partial charge in [0.15, 0.2) is 0 Å². The molecule has 3 rings (SSSR count). The van der Waals surface area contributed by atoms with Gasteiger partial charge in [0, 0.05) is 25.8 Å². The summed E-state index contributed by atoms with van der Waals surface area (Å²) in [5.41, 5.74) is 2.61. The van der Waals surface area contributed by atoms with E-state index in [4.69, 9.17) is 0 Å². The number of carbonyl (C=O) groups excluding carboxylic acids is 1. The van der Waals surface area contributed by atoms with E-state index in [0.29, 0.717) is 5.69 Å². The Bertz CT molecular complexity index is 631. The van der Waals surface area contributed by atoms with E-state index in [9.17, 15) is 4.79 Å². The maximum atomic E-state index is 12.6. The van der Waals surface area contributed by atoms with Gasteiger partial charge >= 0.3 is 0 Å². The molecule has 1 aromatic carbocycles. The van der Waals surface area contributed by atoms with Crippen LogP contribution in [0.4, 0.5) is 11.4 Å². The van der Waals surface area contributed by atoms with Crippen molar-refractivity contribution >= 4 is 17.3 Å². The average Bonchev–Trinajstić information content (AvgIpc) is 2.91. The van der Waals surface area contributed by atoms with Crippen LogP contribution in [0.2, 0.25) is 0 Å². The smallest absolute Gasteiger partial charge is 0.272 e. The first-order valence-electron chi connectivity index (χ1n) is 8.30. The Morgan fingerprint density at radius 3 is 2.26 bits per heavy atom. The van der Waals surface area contributed by atoms with Gasteiger partial charge in [0.05, 0.1) is 11.9 Å². The molecule has 4 heteroatoms. The van der Waals surface area contributed by atoms with Gasteiger partial charge in [-0.1, -0.05) is 31.0 Å². The molecule has 0 atom stereocenters. The number of pyridine rings is 1. The SMILES string of the molecule is CN(c1ccccc1)c1ccc(C(=O)N2CCCCCC2)nc1. The second kappa shape index (κ2) is 7.27. The van der Waals surface area contributed by atoms with Crippen LogP contribution in [-0.4, -0.2) is 35.9 Å². The predicted octanol–water partition coefficient (Wildman–Crippen LogP) is 3.87. The van der Waals surface area contributed by atoms with E-state index in [2.05, 4.69) is 22.0 Å². The van der Waals surface area contributed by atoms with Gasteiger partial charge in [0.25, 0.3) is 5.91 Å². The van der Waals surface area contributed by atoms with Crippen LogP contribution in [0.1, 0.15) is 36.2 Å². The second-order valence-corrected chi connectivity index (χ2v) is 6.00. The highest BCUT2D eigenvalue weighted by molar-refractivity contribution is 5.92. The number of likely N-dealkylation sites (tertiary alicyclic amines) is 1. The number of carbonyl (C=O) groups is 1. The molecule has 1 aliphatic heterocycles. The van der Waals surface area contributed by atoms with Crippen molar-refractivity contribution in [2.24, 2.45) is 0 Å². The van der Waals surface area contributed by atoms with Crippen LogP contribution >= 0.6 is 0 Å². The van der Waals surface area contributed by atoms with Crippen molar-refractivity contribution in [2.75, 3.05) is 25.0 Å². The number of benzene rings is 1. The predicted molar refractivity (Wildman–Crippen MR) is 93.1 cm³/mol. The zero-order valence-electron chi connectivity index (χ0n) is 13.6. The molecule has 1 aliphatic rings. The number of rotatable bonds is 3. The summed E-state index contributed by atoms with van der Waals surface area (Å²) in [6.07, 6.45) is 6.41. The van der Waals surface area contributed by atoms with E-state index in [1.54, 1.807) is 6.20 Å². The molecule has 0 aliphatic carbocycles. The number of hydrogen-bond donors (Lipinski definition) is 0. The van der Waals surface area contributed by atoms with Crippen molar-refractivity contribution in [3.8, 4) is 0 Å². The zero-order chi connectivity index (χ0) is 16.1. The molecule has 2 aromatic rings. The first-order chi connectivity index (χ1) is 11.3. The summed E-state index contributed by atoms with van der Waals surface area (Å²) in [4.78, 5) is 21.0. The summed E-state index contributed by atoms with van der Waals surface area (Å²) < 4.78 is 0. The van der Waals surface area contributed by atoms with Crippen LogP contribution < -0.4 is 4.90 Å². The average molecular weight is 309 g/mol. The zero-order valence-corrected chi connectivity index (χ0v) is 13.6. The van der Waals surface area contributed by atoms with Crippen molar-refractivity contribution in [1.29, 1.82) is 0 Å². The van der Waals surface area contributed by atoms with Gasteiger partial charge in [-0.25, -0.2) is 4.98 Å². The van der Waals surface area contributed by atoms with Gasteiger partial charge in [-0.05, 0) is 37.1 Å². The van der Waals surface area contributed by atoms with Crippen LogP contribution in [0.3, 0.4) is 0 Å². The van der Waals surface area contributed by atoms with E-state index in [-0.39, 0.29) is 5.91 Å². The molecule has 1 saturated heterocycles. The largest absolute Gasteiger partial charge is 0.343 e. The third kappa shape index (κ3) is 3.70. The monoisotopic (exact) mass is 309 g/mol. The fraction of sp³-hybridized carbons (Fsp3) is 0.368. The molecule has 1 fully saturated rings. The molecule has 4 nitrogen and oxygen atoms in total. The number of amides is 1. The molecule has 23 heavy (non-hydrogen) atoms. The van der Waals surface area contributed by atoms with Crippen LogP contribution in [-0.2, 0) is 0 Å². The third-order valence-corrected chi connectivity index (χ3v) is 4.39. The van der Waals surface area contributed by atoms with Gasteiger partial charge in [0.1, 0.15) is 5.69 Å². The third-order valence-electron chi connectivity index (χ3n) is 4.39. The topological polar surface area (TPSA) is 36.4 Å². The van der Waals surface area contributed by atoms with Crippen LogP contribution in [0.25, 0.3) is 0 Å². The number of para-hydroxylation sites is 1. The quantitative estimate of drug-likeness (QED) is 0.863. The maximum Gasteiger partial charge on any atom is 0.272 e. The highest BCUT2D eigenvalue weighted by atomic mass is 16.2. The summed E-state index contributed by atoms with van der Waals surface area (Å²) in [6.45, 7) is 1.71. The molecule has 0 unspecified atom stereocenters. The lowest BCUT2D eigenvalue weighted by Gasteiger charge is -2.21. The van der Waals surface area contributed by atoms with Gasteiger partial charge in [-0.15, -0.1) is 0 Å². The first kappa shape index (κ1) is 15.5. The van der Waals surface area contributed by atoms with E-state index in [0.717, 1.165) is 37.3 Å². The van der Waals surface area contributed by atoms with Crippen molar-refractivity contribution in [2.45, 2.75) is 25.7 Å². The lowest BCUT2D eigenvalue weighted by molar-refractivity contribution is 0.0756. The first-order valence-corrected chi connectivity index (χ1v) is 8.30. The van der Waals surface area contributed by atoms with E-state index in [1.165, 1.54) is 12.8 Å². The Balaban J connectivity index is 1.72. The summed E-state index contributed by atoms with van der Waals surface area (Å²) in [5.74, 6) is 0.0563. The Kier molecular flexibility index (Phi) is 4.91. The normalized spacial score (nSPS) is 15.1. The molecular weight excluding hydrogens is 286 g/mol. The van der Waals surface area contributed by atoms with Crippen molar-refractivity contribution < 1.29 is 4.79 Å². The Labute approximate surface area is 137 Å².